The summed E-state index contributed by atoms with van der Waals surface area (Å²) < 4.78 is 38.9. The minimum atomic E-state index is -4.26. The molecular weight excluding hydrogens is 388 g/mol. The van der Waals surface area contributed by atoms with Crippen LogP contribution in [0.5, 0.6) is 0 Å². The molecule has 0 aliphatic heterocycles. The topological polar surface area (TPSA) is 0 Å². The van der Waals surface area contributed by atoms with Crippen LogP contribution in [0.15, 0.2) is 60.2 Å². The van der Waals surface area contributed by atoms with Crippen LogP contribution in [0.2, 0.25) is 5.32 Å². The van der Waals surface area contributed by atoms with Gasteiger partial charge in [0.1, 0.15) is 0 Å². The second kappa shape index (κ2) is 9.84. The third-order valence-electron chi connectivity index (χ3n) is 3.88. The average molecular weight is 411 g/mol. The summed E-state index contributed by atoms with van der Waals surface area (Å²) in [5, 5.41) is 0.941. The van der Waals surface area contributed by atoms with Crippen LogP contribution in [0.4, 0.5) is 13.2 Å². The number of hydrogen-bond acceptors (Lipinski definition) is 0. The number of allylic oxidation sites excluding steroid dienone is 1. The third kappa shape index (κ3) is 7.09. The molecule has 0 fully saturated rings. The van der Waals surface area contributed by atoms with Gasteiger partial charge in [-0.25, -0.2) is 0 Å². The van der Waals surface area contributed by atoms with Crippen molar-refractivity contribution in [2.75, 3.05) is 0 Å². The van der Waals surface area contributed by atoms with E-state index in [0.717, 1.165) is 22.6 Å². The van der Waals surface area contributed by atoms with E-state index in [4.69, 9.17) is 0 Å². The predicted octanol–water partition coefficient (Wildman–Crippen LogP) is 6.12. The van der Waals surface area contributed by atoms with Crippen LogP contribution in [0.1, 0.15) is 43.7 Å². The van der Waals surface area contributed by atoms with Gasteiger partial charge in [0.2, 0.25) is 0 Å². The fourth-order valence-corrected chi connectivity index (χ4v) is 4.39. The molecule has 0 bridgehead atoms. The Kier molecular flexibility index (Phi) is 7.80. The van der Waals surface area contributed by atoms with Crippen LogP contribution in [0.3, 0.4) is 0 Å². The van der Waals surface area contributed by atoms with Crippen LogP contribution in [0, 0.1) is 0 Å². The second-order valence-corrected chi connectivity index (χ2v) is 8.18. The molecule has 0 aliphatic carbocycles. The molecule has 0 aliphatic rings. The maximum atomic E-state index is 12.6. The van der Waals surface area contributed by atoms with Gasteiger partial charge in [-0.05, 0) is 0 Å². The molecule has 0 N–H and O–H groups in total. The van der Waals surface area contributed by atoms with E-state index in [1.807, 2.05) is 18.2 Å². The first kappa shape index (κ1) is 19.8. The molecule has 0 heterocycles. The Morgan fingerprint density at radius 3 is 2.24 bits per heavy atom. The number of halogens is 3. The fraction of sp³-hybridized carbons (Fsp3) is 0.333. The molecule has 0 unspecified atom stereocenters. The average Bonchev–Trinajstić information content (AvgIpc) is 2.60. The molecule has 25 heavy (non-hydrogen) atoms. The summed E-state index contributed by atoms with van der Waals surface area (Å²) in [6, 6.07) is 15.8. The molecule has 0 nitrogen and oxygen atoms in total. The van der Waals surface area contributed by atoms with E-state index in [0.29, 0.717) is 0 Å². The van der Waals surface area contributed by atoms with Crippen molar-refractivity contribution in [1.29, 1.82) is 0 Å². The minimum absolute atomic E-state index is 0.150. The van der Waals surface area contributed by atoms with Crippen molar-refractivity contribution in [3.63, 3.8) is 0 Å². The molecule has 0 aromatic heterocycles. The zero-order valence-electron chi connectivity index (χ0n) is 14.4. The zero-order valence-corrected chi connectivity index (χ0v) is 16.1. The quantitative estimate of drug-likeness (QED) is 0.363. The van der Waals surface area contributed by atoms with Gasteiger partial charge in [0, 0.05) is 0 Å². The summed E-state index contributed by atoms with van der Waals surface area (Å²) in [7, 11) is 0. The summed E-state index contributed by atoms with van der Waals surface area (Å²) in [6.07, 6.45) is 2.59. The maximum absolute atomic E-state index is 12.6. The molecule has 2 aromatic carbocycles. The fourth-order valence-electron chi connectivity index (χ4n) is 2.49. The van der Waals surface area contributed by atoms with Crippen molar-refractivity contribution < 1.29 is 13.2 Å². The summed E-state index contributed by atoms with van der Waals surface area (Å²) in [5.41, 5.74) is 2.01. The van der Waals surface area contributed by atoms with Gasteiger partial charge in [-0.3, -0.25) is 0 Å². The van der Waals surface area contributed by atoms with Crippen LogP contribution in [-0.2, 0) is 6.18 Å². The van der Waals surface area contributed by atoms with Crippen molar-refractivity contribution in [2.45, 2.75) is 44.1 Å². The molecule has 0 amide bonds. The van der Waals surface area contributed by atoms with Gasteiger partial charge in [0.25, 0.3) is 0 Å². The molecule has 4 heteroatoms. The summed E-state index contributed by atoms with van der Waals surface area (Å²) in [4.78, 5) is 0. The van der Waals surface area contributed by atoms with Gasteiger partial charge in [-0.2, -0.15) is 0 Å². The Labute approximate surface area is 154 Å². The second-order valence-electron chi connectivity index (χ2n) is 5.98. The Morgan fingerprint density at radius 2 is 1.64 bits per heavy atom. The molecule has 0 radical (unpaired) electrons. The molecule has 0 saturated carbocycles. The Hall–Kier alpha value is -1.51. The van der Waals surface area contributed by atoms with Gasteiger partial charge in [0.05, 0.1) is 0 Å². The summed E-state index contributed by atoms with van der Waals surface area (Å²) >= 11 is 0.150. The normalized spacial score (nSPS) is 12.4. The first-order chi connectivity index (χ1) is 12.0. The summed E-state index contributed by atoms with van der Waals surface area (Å²) in [5.74, 6) is 0. The van der Waals surface area contributed by atoms with Crippen LogP contribution in [-0.4, -0.2) is 15.0 Å². The van der Waals surface area contributed by atoms with Crippen molar-refractivity contribution in [3.05, 3.63) is 71.3 Å². The standard InChI is InChI=1S/C21H23F3Se/c1-2-3-5-10-18(15-17-8-6-4-7-9-17)16-25-20-13-11-19(12-14-20)21(22,23)24/h4,6-9,11-15H,2-3,5,10,16H2,1H3/b18-15-. The first-order valence-electron chi connectivity index (χ1n) is 8.53. The van der Waals surface area contributed by atoms with Gasteiger partial charge in [-0.15, -0.1) is 0 Å². The monoisotopic (exact) mass is 412 g/mol. The van der Waals surface area contributed by atoms with Gasteiger partial charge >= 0.3 is 154 Å². The van der Waals surface area contributed by atoms with Crippen LogP contribution < -0.4 is 4.46 Å². The molecule has 134 valence electrons. The Morgan fingerprint density at radius 1 is 0.960 bits per heavy atom. The number of alkyl halides is 3. The number of benzene rings is 2. The molecule has 0 spiro atoms. The number of rotatable bonds is 8. The van der Waals surface area contributed by atoms with E-state index in [-0.39, 0.29) is 15.0 Å². The van der Waals surface area contributed by atoms with Gasteiger partial charge < -0.3 is 0 Å². The van der Waals surface area contributed by atoms with E-state index in [9.17, 15) is 13.2 Å². The van der Waals surface area contributed by atoms with Crippen LogP contribution >= 0.6 is 0 Å². The first-order valence-corrected chi connectivity index (χ1v) is 10.6. The number of unbranched alkanes of at least 4 members (excludes halogenated alkanes) is 2. The number of hydrogen-bond donors (Lipinski definition) is 0. The van der Waals surface area contributed by atoms with Crippen molar-refractivity contribution >= 4 is 25.5 Å². The Bertz CT molecular complexity index is 658. The SMILES string of the molecule is CCCCC/C(=C/c1ccccc1)C[Se]c1ccc(C(F)(F)F)cc1. The third-order valence-corrected chi connectivity index (χ3v) is 6.23. The van der Waals surface area contributed by atoms with Crippen molar-refractivity contribution in [2.24, 2.45) is 0 Å². The molecular formula is C21H23F3Se. The zero-order chi connectivity index (χ0) is 18.1. The van der Waals surface area contributed by atoms with E-state index >= 15 is 0 Å². The predicted molar refractivity (Wildman–Crippen MR) is 100 cm³/mol. The van der Waals surface area contributed by atoms with Gasteiger partial charge in [0.15, 0.2) is 0 Å². The summed E-state index contributed by atoms with van der Waals surface area (Å²) in [6.45, 7) is 2.19. The Balaban J connectivity index is 2.02. The van der Waals surface area contributed by atoms with E-state index in [2.05, 4.69) is 25.1 Å². The molecule has 0 saturated heterocycles. The van der Waals surface area contributed by atoms with Crippen molar-refractivity contribution in [3.8, 4) is 0 Å². The molecule has 2 rings (SSSR count). The van der Waals surface area contributed by atoms with Crippen molar-refractivity contribution in [1.82, 2.24) is 0 Å². The molecule has 2 aromatic rings. The van der Waals surface area contributed by atoms with E-state index in [1.165, 1.54) is 36.1 Å². The van der Waals surface area contributed by atoms with Crippen LogP contribution in [0.25, 0.3) is 6.08 Å². The van der Waals surface area contributed by atoms with E-state index < -0.39 is 11.7 Å². The molecule has 0 atom stereocenters. The van der Waals surface area contributed by atoms with Gasteiger partial charge in [-0.1, -0.05) is 0 Å². The van der Waals surface area contributed by atoms with E-state index in [1.54, 1.807) is 12.1 Å².